The van der Waals surface area contributed by atoms with Gasteiger partial charge in [-0.15, -0.1) is 0 Å². The fourth-order valence-corrected chi connectivity index (χ4v) is 2.30. The smallest absolute Gasteiger partial charge is 0.235 e. The maximum absolute atomic E-state index is 12.1. The van der Waals surface area contributed by atoms with Gasteiger partial charge >= 0.3 is 0 Å². The number of nitriles is 1. The topological polar surface area (TPSA) is 56.1 Å². The van der Waals surface area contributed by atoms with Gasteiger partial charge in [0.2, 0.25) is 5.91 Å². The maximum Gasteiger partial charge on any atom is 0.235 e. The van der Waals surface area contributed by atoms with Crippen molar-refractivity contribution in [2.24, 2.45) is 5.92 Å². The second-order valence-corrected chi connectivity index (χ2v) is 6.06. The summed E-state index contributed by atoms with van der Waals surface area (Å²) in [4.78, 5) is 14.3. The normalized spacial score (nSPS) is 21.0. The highest BCUT2D eigenvalue weighted by Crippen LogP contribution is 2.15. The van der Waals surface area contributed by atoms with Gasteiger partial charge in [0.25, 0.3) is 0 Å². The molecular weight excluding hydrogens is 238 g/mol. The van der Waals surface area contributed by atoms with E-state index in [2.05, 4.69) is 16.3 Å². The Balaban J connectivity index is 2.47. The summed E-state index contributed by atoms with van der Waals surface area (Å²) in [6.07, 6.45) is 6.19. The van der Waals surface area contributed by atoms with Crippen LogP contribution in [0.25, 0.3) is 0 Å². The second-order valence-electron chi connectivity index (χ2n) is 6.06. The lowest BCUT2D eigenvalue weighted by molar-refractivity contribution is -0.124. The lowest BCUT2D eigenvalue weighted by atomic mass is 9.90. The number of nitrogens with zero attached hydrogens (tertiary/aromatic N) is 2. The fraction of sp³-hybridized carbons (Fsp3) is 0.867. The van der Waals surface area contributed by atoms with E-state index in [0.29, 0.717) is 6.54 Å². The Hall–Kier alpha value is -1.08. The van der Waals surface area contributed by atoms with Crippen LogP contribution < -0.4 is 5.32 Å². The average molecular weight is 265 g/mol. The van der Waals surface area contributed by atoms with E-state index in [9.17, 15) is 10.1 Å². The van der Waals surface area contributed by atoms with E-state index < -0.39 is 5.54 Å². The van der Waals surface area contributed by atoms with Gasteiger partial charge in [0.05, 0.1) is 12.6 Å². The second kappa shape index (κ2) is 7.49. The van der Waals surface area contributed by atoms with Gasteiger partial charge in [-0.3, -0.25) is 9.69 Å². The van der Waals surface area contributed by atoms with Crippen LogP contribution in [0.4, 0.5) is 0 Å². The first kappa shape index (κ1) is 16.0. The molecule has 1 rings (SSSR count). The van der Waals surface area contributed by atoms with Crippen LogP contribution in [-0.4, -0.2) is 36.0 Å². The molecule has 1 aliphatic rings. The summed E-state index contributed by atoms with van der Waals surface area (Å²) in [7, 11) is 0. The largest absolute Gasteiger partial charge is 0.337 e. The monoisotopic (exact) mass is 265 g/mol. The summed E-state index contributed by atoms with van der Waals surface area (Å²) >= 11 is 0. The van der Waals surface area contributed by atoms with Crippen molar-refractivity contribution in [2.75, 3.05) is 19.6 Å². The molecule has 0 aromatic rings. The van der Waals surface area contributed by atoms with E-state index in [1.54, 1.807) is 6.92 Å². The van der Waals surface area contributed by atoms with Gasteiger partial charge in [0.1, 0.15) is 5.54 Å². The van der Waals surface area contributed by atoms with Gasteiger partial charge in [-0.25, -0.2) is 0 Å². The molecule has 0 radical (unpaired) electrons. The number of amides is 1. The van der Waals surface area contributed by atoms with Gasteiger partial charge in [-0.05, 0) is 38.8 Å². The van der Waals surface area contributed by atoms with Gasteiger partial charge in [-0.2, -0.15) is 5.26 Å². The molecule has 1 fully saturated rings. The molecule has 0 spiro atoms. The first-order valence-corrected chi connectivity index (χ1v) is 7.42. The molecule has 1 amide bonds. The zero-order chi connectivity index (χ0) is 14.3. The van der Waals surface area contributed by atoms with Crippen LogP contribution in [-0.2, 0) is 4.79 Å². The Morgan fingerprint density at radius 3 is 2.26 bits per heavy atom. The predicted octanol–water partition coefficient (Wildman–Crippen LogP) is 2.31. The average Bonchev–Trinajstić information content (AvgIpc) is 2.32. The standard InChI is InChI=1S/C15H27N3O/c1-13(2)15(3,12-16)17-14(19)11-18-9-7-5-4-6-8-10-18/h13H,4-11H2,1-3H3,(H,17,19)/t15-/m1/s1. The van der Waals surface area contributed by atoms with E-state index in [1.807, 2.05) is 13.8 Å². The van der Waals surface area contributed by atoms with Gasteiger partial charge in [-0.1, -0.05) is 33.1 Å². The van der Waals surface area contributed by atoms with Crippen molar-refractivity contribution < 1.29 is 4.79 Å². The minimum atomic E-state index is -0.764. The van der Waals surface area contributed by atoms with Crippen LogP contribution in [0.5, 0.6) is 0 Å². The molecule has 1 aliphatic heterocycles. The van der Waals surface area contributed by atoms with Crippen molar-refractivity contribution in [3.63, 3.8) is 0 Å². The van der Waals surface area contributed by atoms with Crippen molar-refractivity contribution in [1.29, 1.82) is 5.26 Å². The summed E-state index contributed by atoms with van der Waals surface area (Å²) in [5.41, 5.74) is -0.764. The van der Waals surface area contributed by atoms with Crippen LogP contribution in [0.15, 0.2) is 0 Å². The molecule has 1 N–H and O–H groups in total. The first-order chi connectivity index (χ1) is 8.98. The highest BCUT2D eigenvalue weighted by atomic mass is 16.2. The minimum absolute atomic E-state index is 0.0293. The third-order valence-electron chi connectivity index (χ3n) is 4.10. The molecular formula is C15H27N3O. The summed E-state index contributed by atoms with van der Waals surface area (Å²) in [5.74, 6) is 0.0760. The lowest BCUT2D eigenvalue weighted by Crippen LogP contribution is -2.52. The van der Waals surface area contributed by atoms with Crippen LogP contribution in [0, 0.1) is 17.2 Å². The molecule has 1 atom stereocenters. The number of carbonyl (C=O) groups is 1. The summed E-state index contributed by atoms with van der Waals surface area (Å²) in [6.45, 7) is 8.13. The summed E-state index contributed by atoms with van der Waals surface area (Å²) < 4.78 is 0. The zero-order valence-electron chi connectivity index (χ0n) is 12.5. The van der Waals surface area contributed by atoms with E-state index in [0.717, 1.165) is 13.1 Å². The Kier molecular flexibility index (Phi) is 6.30. The minimum Gasteiger partial charge on any atom is -0.337 e. The molecule has 4 nitrogen and oxygen atoms in total. The molecule has 19 heavy (non-hydrogen) atoms. The molecule has 108 valence electrons. The highest BCUT2D eigenvalue weighted by Gasteiger charge is 2.30. The van der Waals surface area contributed by atoms with E-state index >= 15 is 0 Å². The SMILES string of the molecule is CC(C)[C@@](C)(C#N)NC(=O)CN1CCCCCCC1. The van der Waals surface area contributed by atoms with Crippen LogP contribution in [0.3, 0.4) is 0 Å². The third-order valence-corrected chi connectivity index (χ3v) is 4.10. The molecule has 1 saturated heterocycles. The van der Waals surface area contributed by atoms with Crippen LogP contribution in [0.2, 0.25) is 0 Å². The molecule has 0 bridgehead atoms. The Morgan fingerprint density at radius 1 is 1.26 bits per heavy atom. The Morgan fingerprint density at radius 2 is 1.79 bits per heavy atom. The molecule has 0 unspecified atom stereocenters. The summed E-state index contributed by atoms with van der Waals surface area (Å²) in [6, 6.07) is 2.22. The zero-order valence-corrected chi connectivity index (χ0v) is 12.5. The first-order valence-electron chi connectivity index (χ1n) is 7.42. The number of nitrogens with one attached hydrogen (secondary N) is 1. The fourth-order valence-electron chi connectivity index (χ4n) is 2.30. The van der Waals surface area contributed by atoms with Gasteiger partial charge in [0.15, 0.2) is 0 Å². The predicted molar refractivity (Wildman–Crippen MR) is 76.5 cm³/mol. The third kappa shape index (κ3) is 5.20. The number of rotatable bonds is 4. The van der Waals surface area contributed by atoms with E-state index in [4.69, 9.17) is 0 Å². The van der Waals surface area contributed by atoms with Crippen molar-refractivity contribution in [2.45, 2.75) is 58.4 Å². The highest BCUT2D eigenvalue weighted by molar-refractivity contribution is 5.79. The molecule has 0 aliphatic carbocycles. The number of hydrogen-bond donors (Lipinski definition) is 1. The molecule has 4 heteroatoms. The number of likely N-dealkylation sites (tertiary alicyclic amines) is 1. The van der Waals surface area contributed by atoms with Crippen LogP contribution >= 0.6 is 0 Å². The van der Waals surface area contributed by atoms with Crippen LogP contribution in [0.1, 0.15) is 52.9 Å². The van der Waals surface area contributed by atoms with E-state index in [1.165, 1.54) is 32.1 Å². The number of carbonyl (C=O) groups excluding carboxylic acids is 1. The maximum atomic E-state index is 12.1. The molecule has 0 aromatic carbocycles. The summed E-state index contributed by atoms with van der Waals surface area (Å²) in [5, 5.41) is 12.1. The molecule has 0 saturated carbocycles. The Bertz CT molecular complexity index is 327. The van der Waals surface area contributed by atoms with E-state index in [-0.39, 0.29) is 11.8 Å². The Labute approximate surface area is 117 Å². The van der Waals surface area contributed by atoms with Crippen molar-refractivity contribution in [3.05, 3.63) is 0 Å². The van der Waals surface area contributed by atoms with Gasteiger partial charge < -0.3 is 5.32 Å². The van der Waals surface area contributed by atoms with Crippen molar-refractivity contribution >= 4 is 5.91 Å². The lowest BCUT2D eigenvalue weighted by Gasteiger charge is -2.29. The molecule has 1 heterocycles. The van der Waals surface area contributed by atoms with Crippen molar-refractivity contribution in [3.8, 4) is 6.07 Å². The number of hydrogen-bond acceptors (Lipinski definition) is 3. The van der Waals surface area contributed by atoms with Crippen molar-refractivity contribution in [1.82, 2.24) is 10.2 Å². The van der Waals surface area contributed by atoms with Gasteiger partial charge in [0, 0.05) is 0 Å². The quantitative estimate of drug-likeness (QED) is 0.848. The molecule has 0 aromatic heterocycles.